The molecule has 1 N–H and O–H groups in total. The number of sulfonamides is 1. The van der Waals surface area contributed by atoms with E-state index in [2.05, 4.69) is 20.2 Å². The van der Waals surface area contributed by atoms with Gasteiger partial charge in [-0.15, -0.1) is 5.10 Å². The molecule has 7 nitrogen and oxygen atoms in total. The summed E-state index contributed by atoms with van der Waals surface area (Å²) in [7, 11) is -4.00. The van der Waals surface area contributed by atoms with Crippen molar-refractivity contribution >= 4 is 15.7 Å². The summed E-state index contributed by atoms with van der Waals surface area (Å²) in [6.07, 6.45) is 1.44. The normalized spacial score (nSPS) is 11.4. The van der Waals surface area contributed by atoms with Crippen LogP contribution in [0.15, 0.2) is 53.7 Å². The smallest absolute Gasteiger partial charge is 0.264 e. The molecule has 1 heterocycles. The van der Waals surface area contributed by atoms with Crippen molar-refractivity contribution in [1.82, 2.24) is 20.2 Å². The fraction of sp³-hybridized carbons (Fsp3) is 0.0714. The summed E-state index contributed by atoms with van der Waals surface area (Å²) >= 11 is 0. The first-order valence-electron chi connectivity index (χ1n) is 6.59. The van der Waals surface area contributed by atoms with Crippen molar-refractivity contribution in [2.75, 3.05) is 4.72 Å². The number of hydrogen-bond acceptors (Lipinski definition) is 5. The van der Waals surface area contributed by atoms with Gasteiger partial charge in [0.1, 0.15) is 17.0 Å². The van der Waals surface area contributed by atoms with Crippen LogP contribution in [0.25, 0.3) is 5.69 Å². The molecule has 0 unspecified atom stereocenters. The summed E-state index contributed by atoms with van der Waals surface area (Å²) in [6.45, 7) is 1.79. The van der Waals surface area contributed by atoms with Gasteiger partial charge in [-0.1, -0.05) is 12.1 Å². The van der Waals surface area contributed by atoms with Crippen molar-refractivity contribution in [2.24, 2.45) is 0 Å². The van der Waals surface area contributed by atoms with Crippen molar-refractivity contribution in [3.63, 3.8) is 0 Å². The van der Waals surface area contributed by atoms with E-state index in [9.17, 15) is 12.8 Å². The second-order valence-electron chi connectivity index (χ2n) is 4.79. The first-order chi connectivity index (χ1) is 11.0. The minimum absolute atomic E-state index is 0.322. The van der Waals surface area contributed by atoms with Crippen molar-refractivity contribution in [1.29, 1.82) is 0 Å². The lowest BCUT2D eigenvalue weighted by atomic mass is 10.2. The zero-order valence-corrected chi connectivity index (χ0v) is 12.8. The van der Waals surface area contributed by atoms with E-state index >= 15 is 0 Å². The summed E-state index contributed by atoms with van der Waals surface area (Å²) in [6, 6.07) is 10.0. The number of anilines is 1. The van der Waals surface area contributed by atoms with Crippen LogP contribution in [-0.2, 0) is 10.0 Å². The molecule has 0 atom stereocenters. The van der Waals surface area contributed by atoms with Gasteiger partial charge in [-0.05, 0) is 53.2 Å². The first kappa shape index (κ1) is 15.1. The number of benzene rings is 2. The highest BCUT2D eigenvalue weighted by Crippen LogP contribution is 2.22. The molecule has 0 fully saturated rings. The Hall–Kier alpha value is -2.81. The number of hydrogen-bond donors (Lipinski definition) is 1. The SMILES string of the molecule is Cc1cc(NS(=O)(=O)c2ccccc2F)ccc1-n1cnnn1. The van der Waals surface area contributed by atoms with E-state index in [1.165, 1.54) is 29.2 Å². The Kier molecular flexibility index (Phi) is 3.78. The molecule has 1 aromatic heterocycles. The van der Waals surface area contributed by atoms with E-state index in [0.717, 1.165) is 11.6 Å². The van der Waals surface area contributed by atoms with Gasteiger partial charge in [-0.2, -0.15) is 0 Å². The zero-order valence-electron chi connectivity index (χ0n) is 12.0. The average Bonchev–Trinajstić information content (AvgIpc) is 3.01. The number of aromatic nitrogens is 4. The van der Waals surface area contributed by atoms with Crippen LogP contribution in [0.1, 0.15) is 5.56 Å². The fourth-order valence-electron chi connectivity index (χ4n) is 2.12. The quantitative estimate of drug-likeness (QED) is 0.788. The first-order valence-corrected chi connectivity index (χ1v) is 8.07. The molecule has 0 saturated carbocycles. The number of nitrogens with zero attached hydrogens (tertiary/aromatic N) is 4. The van der Waals surface area contributed by atoms with E-state index in [-0.39, 0.29) is 0 Å². The summed E-state index contributed by atoms with van der Waals surface area (Å²) in [5.41, 5.74) is 1.79. The molecule has 0 aliphatic heterocycles. The van der Waals surface area contributed by atoms with Gasteiger partial charge in [0.15, 0.2) is 0 Å². The predicted octanol–water partition coefficient (Wildman–Crippen LogP) is 1.91. The molecule has 0 bridgehead atoms. The molecule has 2 aromatic carbocycles. The second-order valence-corrected chi connectivity index (χ2v) is 6.44. The maximum absolute atomic E-state index is 13.7. The Morgan fingerprint density at radius 3 is 2.61 bits per heavy atom. The largest absolute Gasteiger partial charge is 0.280 e. The molecule has 0 radical (unpaired) electrons. The lowest BCUT2D eigenvalue weighted by molar-refractivity contribution is 0.570. The molecule has 0 aliphatic rings. The van der Waals surface area contributed by atoms with E-state index in [0.29, 0.717) is 11.4 Å². The van der Waals surface area contributed by atoms with Gasteiger partial charge in [-0.25, -0.2) is 17.5 Å². The van der Waals surface area contributed by atoms with Gasteiger partial charge in [0.25, 0.3) is 10.0 Å². The minimum atomic E-state index is -4.00. The molecule has 3 aromatic rings. The van der Waals surface area contributed by atoms with Gasteiger partial charge in [0.2, 0.25) is 0 Å². The molecule has 9 heteroatoms. The van der Waals surface area contributed by atoms with Crippen LogP contribution in [0.2, 0.25) is 0 Å². The van der Waals surface area contributed by atoms with E-state index in [1.54, 1.807) is 25.1 Å². The number of nitrogens with one attached hydrogen (secondary N) is 1. The summed E-state index contributed by atoms with van der Waals surface area (Å²) in [5, 5.41) is 10.9. The van der Waals surface area contributed by atoms with Crippen LogP contribution in [-0.4, -0.2) is 28.6 Å². The Bertz CT molecular complexity index is 942. The fourth-order valence-corrected chi connectivity index (χ4v) is 3.25. The lowest BCUT2D eigenvalue weighted by Crippen LogP contribution is -2.14. The highest BCUT2D eigenvalue weighted by atomic mass is 32.2. The highest BCUT2D eigenvalue weighted by molar-refractivity contribution is 7.92. The molecule has 0 spiro atoms. The molecular weight excluding hydrogens is 321 g/mol. The molecular formula is C14H12FN5O2S. The van der Waals surface area contributed by atoms with E-state index in [4.69, 9.17) is 0 Å². The van der Waals surface area contributed by atoms with Gasteiger partial charge < -0.3 is 0 Å². The van der Waals surface area contributed by atoms with Gasteiger partial charge in [0.05, 0.1) is 5.69 Å². The topological polar surface area (TPSA) is 89.8 Å². The third-order valence-electron chi connectivity index (χ3n) is 3.17. The van der Waals surface area contributed by atoms with Crippen LogP contribution >= 0.6 is 0 Å². The number of aryl methyl sites for hydroxylation is 1. The third kappa shape index (κ3) is 3.04. The van der Waals surface area contributed by atoms with Crippen molar-refractivity contribution < 1.29 is 12.8 Å². The Labute approximate surface area is 131 Å². The maximum Gasteiger partial charge on any atom is 0.264 e. The third-order valence-corrected chi connectivity index (χ3v) is 4.59. The monoisotopic (exact) mass is 333 g/mol. The Morgan fingerprint density at radius 1 is 1.17 bits per heavy atom. The number of tetrazole rings is 1. The predicted molar refractivity (Wildman–Crippen MR) is 81.1 cm³/mol. The minimum Gasteiger partial charge on any atom is -0.280 e. The van der Waals surface area contributed by atoms with Gasteiger partial charge in [0, 0.05) is 5.69 Å². The lowest BCUT2D eigenvalue weighted by Gasteiger charge is -2.11. The maximum atomic E-state index is 13.7. The molecule has 0 amide bonds. The summed E-state index contributed by atoms with van der Waals surface area (Å²) in [4.78, 5) is -0.401. The van der Waals surface area contributed by atoms with E-state index < -0.39 is 20.7 Å². The Morgan fingerprint density at radius 2 is 1.96 bits per heavy atom. The van der Waals surface area contributed by atoms with Crippen LogP contribution in [0.4, 0.5) is 10.1 Å². The average molecular weight is 333 g/mol. The number of rotatable bonds is 4. The van der Waals surface area contributed by atoms with E-state index in [1.807, 2.05) is 0 Å². The van der Waals surface area contributed by atoms with Crippen molar-refractivity contribution in [3.05, 3.63) is 60.2 Å². The molecule has 0 aliphatic carbocycles. The summed E-state index contributed by atoms with van der Waals surface area (Å²) < 4.78 is 42.0. The molecule has 0 saturated heterocycles. The highest BCUT2D eigenvalue weighted by Gasteiger charge is 2.18. The van der Waals surface area contributed by atoms with Gasteiger partial charge in [-0.3, -0.25) is 4.72 Å². The molecule has 3 rings (SSSR count). The molecule has 118 valence electrons. The van der Waals surface area contributed by atoms with Crippen LogP contribution < -0.4 is 4.72 Å². The van der Waals surface area contributed by atoms with Crippen molar-refractivity contribution in [2.45, 2.75) is 11.8 Å². The number of halogens is 1. The zero-order chi connectivity index (χ0) is 16.4. The standard InChI is InChI=1S/C14H12FN5O2S/c1-10-8-11(6-7-13(10)20-9-16-18-19-20)17-23(21,22)14-5-3-2-4-12(14)15/h2-9,17H,1H3. The van der Waals surface area contributed by atoms with Crippen molar-refractivity contribution in [3.8, 4) is 5.69 Å². The van der Waals surface area contributed by atoms with Crippen LogP contribution in [0, 0.1) is 12.7 Å². The van der Waals surface area contributed by atoms with Crippen LogP contribution in [0.5, 0.6) is 0 Å². The molecule has 23 heavy (non-hydrogen) atoms. The Balaban J connectivity index is 1.92. The second kappa shape index (κ2) is 5.76. The van der Waals surface area contributed by atoms with Gasteiger partial charge >= 0.3 is 0 Å². The summed E-state index contributed by atoms with van der Waals surface area (Å²) in [5.74, 6) is -0.804. The van der Waals surface area contributed by atoms with Crippen LogP contribution in [0.3, 0.4) is 0 Å².